The van der Waals surface area contributed by atoms with Crippen molar-refractivity contribution in [3.8, 4) is 11.5 Å². The molecule has 1 N–H and O–H groups in total. The molecular formula is C20H27N3O3S. The molecule has 2 rings (SSSR count). The zero-order valence-electron chi connectivity index (χ0n) is 16.5. The lowest BCUT2D eigenvalue weighted by atomic mass is 10.1. The van der Waals surface area contributed by atoms with Gasteiger partial charge in [-0.05, 0) is 50.5 Å². The van der Waals surface area contributed by atoms with Crippen molar-refractivity contribution in [2.24, 2.45) is 0 Å². The minimum atomic E-state index is -0.211. The number of methoxy groups -OCH3 is 2. The Labute approximate surface area is 165 Å². The average molecular weight is 390 g/mol. The second-order valence-corrected chi connectivity index (χ2v) is 7.35. The van der Waals surface area contributed by atoms with Crippen molar-refractivity contribution in [3.05, 3.63) is 41.2 Å². The topological polar surface area (TPSA) is 73.3 Å². The summed E-state index contributed by atoms with van der Waals surface area (Å²) in [6, 6.07) is 7.70. The Morgan fingerprint density at radius 2 is 1.78 bits per heavy atom. The summed E-state index contributed by atoms with van der Waals surface area (Å²) in [5.41, 5.74) is 2.90. The number of aryl methyl sites for hydroxylation is 2. The molecular weight excluding hydrogens is 362 g/mol. The van der Waals surface area contributed by atoms with Gasteiger partial charge in [0.05, 0.1) is 19.5 Å². The van der Waals surface area contributed by atoms with Gasteiger partial charge < -0.3 is 14.8 Å². The molecule has 1 unspecified atom stereocenters. The fourth-order valence-electron chi connectivity index (χ4n) is 2.68. The fourth-order valence-corrected chi connectivity index (χ4v) is 3.68. The molecule has 0 aliphatic carbocycles. The third kappa shape index (κ3) is 6.13. The van der Waals surface area contributed by atoms with E-state index in [1.165, 1.54) is 11.8 Å². The highest BCUT2D eigenvalue weighted by Gasteiger charge is 2.19. The van der Waals surface area contributed by atoms with Crippen LogP contribution in [-0.4, -0.2) is 41.9 Å². The summed E-state index contributed by atoms with van der Waals surface area (Å²) < 4.78 is 10.6. The van der Waals surface area contributed by atoms with Gasteiger partial charge in [0, 0.05) is 17.9 Å². The van der Waals surface area contributed by atoms with Gasteiger partial charge in [-0.25, -0.2) is 9.97 Å². The van der Waals surface area contributed by atoms with Crippen molar-refractivity contribution >= 4 is 17.7 Å². The smallest absolute Gasteiger partial charge is 0.233 e. The number of hydrogen-bond acceptors (Lipinski definition) is 6. The summed E-state index contributed by atoms with van der Waals surface area (Å²) in [5, 5.41) is 3.45. The Kier molecular flexibility index (Phi) is 7.91. The Bertz CT molecular complexity index is 763. The summed E-state index contributed by atoms with van der Waals surface area (Å²) in [4.78, 5) is 21.4. The quantitative estimate of drug-likeness (QED) is 0.524. The van der Waals surface area contributed by atoms with Gasteiger partial charge in [0.15, 0.2) is 16.7 Å². The standard InChI is InChI=1S/C20H27N3O3S/c1-6-18(27-20-22-13(2)11-14(3)23-20)19(24)21-10-9-15-7-8-16(25-4)17(12-15)26-5/h7-8,11-12,18H,6,9-10H2,1-5H3,(H,21,24). The molecule has 0 aliphatic rings. The van der Waals surface area contributed by atoms with E-state index in [2.05, 4.69) is 15.3 Å². The fraction of sp³-hybridized carbons (Fsp3) is 0.450. The molecule has 0 fully saturated rings. The number of benzene rings is 1. The van der Waals surface area contributed by atoms with Gasteiger partial charge in [-0.2, -0.15) is 0 Å². The van der Waals surface area contributed by atoms with Gasteiger partial charge in [0.2, 0.25) is 5.91 Å². The van der Waals surface area contributed by atoms with Crippen LogP contribution >= 0.6 is 11.8 Å². The predicted octanol–water partition coefficient (Wildman–Crippen LogP) is 3.34. The molecule has 0 radical (unpaired) electrons. The molecule has 146 valence electrons. The van der Waals surface area contributed by atoms with Crippen LogP contribution in [0.5, 0.6) is 11.5 Å². The zero-order chi connectivity index (χ0) is 19.8. The number of hydrogen-bond donors (Lipinski definition) is 1. The van der Waals surface area contributed by atoms with E-state index in [1.54, 1.807) is 14.2 Å². The monoisotopic (exact) mass is 389 g/mol. The summed E-state index contributed by atoms with van der Waals surface area (Å²) >= 11 is 1.41. The van der Waals surface area contributed by atoms with Gasteiger partial charge in [-0.15, -0.1) is 0 Å². The van der Waals surface area contributed by atoms with Crippen LogP contribution in [0.4, 0.5) is 0 Å². The van der Waals surface area contributed by atoms with E-state index in [0.717, 1.165) is 17.0 Å². The summed E-state index contributed by atoms with van der Waals surface area (Å²) in [5.74, 6) is 1.39. The summed E-state index contributed by atoms with van der Waals surface area (Å²) in [7, 11) is 3.22. The minimum absolute atomic E-state index is 0.00531. The van der Waals surface area contributed by atoms with Crippen LogP contribution < -0.4 is 14.8 Å². The Morgan fingerprint density at radius 1 is 1.11 bits per heavy atom. The average Bonchev–Trinajstić information content (AvgIpc) is 2.65. The maximum Gasteiger partial charge on any atom is 0.233 e. The van der Waals surface area contributed by atoms with E-state index in [4.69, 9.17) is 9.47 Å². The highest BCUT2D eigenvalue weighted by molar-refractivity contribution is 8.00. The van der Waals surface area contributed by atoms with Crippen molar-refractivity contribution in [2.75, 3.05) is 20.8 Å². The number of amides is 1. The first kappa shape index (κ1) is 21.0. The number of rotatable bonds is 9. The molecule has 1 amide bonds. The first-order chi connectivity index (χ1) is 13.0. The van der Waals surface area contributed by atoms with Crippen LogP contribution in [0, 0.1) is 13.8 Å². The predicted molar refractivity (Wildman–Crippen MR) is 108 cm³/mol. The normalized spacial score (nSPS) is 11.7. The number of carbonyl (C=O) groups excluding carboxylic acids is 1. The molecule has 0 saturated carbocycles. The lowest BCUT2D eigenvalue weighted by Gasteiger charge is -2.15. The van der Waals surface area contributed by atoms with E-state index in [1.807, 2.05) is 45.0 Å². The molecule has 1 aromatic heterocycles. The molecule has 0 aliphatic heterocycles. The molecule has 1 atom stereocenters. The van der Waals surface area contributed by atoms with E-state index in [0.29, 0.717) is 36.0 Å². The van der Waals surface area contributed by atoms with Crippen LogP contribution in [0.15, 0.2) is 29.4 Å². The van der Waals surface area contributed by atoms with Crippen molar-refractivity contribution < 1.29 is 14.3 Å². The third-order valence-electron chi connectivity index (χ3n) is 4.03. The molecule has 27 heavy (non-hydrogen) atoms. The number of aromatic nitrogens is 2. The maximum atomic E-state index is 12.5. The van der Waals surface area contributed by atoms with Crippen LogP contribution in [0.25, 0.3) is 0 Å². The number of nitrogens with one attached hydrogen (secondary N) is 1. The number of carbonyl (C=O) groups is 1. The molecule has 1 aromatic carbocycles. The lowest BCUT2D eigenvalue weighted by molar-refractivity contribution is -0.120. The first-order valence-electron chi connectivity index (χ1n) is 8.94. The largest absolute Gasteiger partial charge is 0.493 e. The SMILES string of the molecule is CCC(Sc1nc(C)cc(C)n1)C(=O)NCCc1ccc(OC)c(OC)c1. The molecule has 0 spiro atoms. The summed E-state index contributed by atoms with van der Waals surface area (Å²) in [6.45, 7) is 6.42. The molecule has 1 heterocycles. The Hall–Kier alpha value is -2.28. The molecule has 0 saturated heterocycles. The summed E-state index contributed by atoms with van der Waals surface area (Å²) in [6.07, 6.45) is 1.43. The molecule has 0 bridgehead atoms. The van der Waals surface area contributed by atoms with Crippen molar-refractivity contribution in [1.82, 2.24) is 15.3 Å². The van der Waals surface area contributed by atoms with Crippen LogP contribution in [0.1, 0.15) is 30.3 Å². The van der Waals surface area contributed by atoms with Crippen molar-refractivity contribution in [3.63, 3.8) is 0 Å². The van der Waals surface area contributed by atoms with Crippen LogP contribution in [-0.2, 0) is 11.2 Å². The van der Waals surface area contributed by atoms with E-state index < -0.39 is 0 Å². The highest BCUT2D eigenvalue weighted by Crippen LogP contribution is 2.27. The van der Waals surface area contributed by atoms with E-state index in [-0.39, 0.29) is 11.2 Å². The van der Waals surface area contributed by atoms with Crippen molar-refractivity contribution in [1.29, 1.82) is 0 Å². The molecule has 2 aromatic rings. The van der Waals surface area contributed by atoms with E-state index >= 15 is 0 Å². The molecule has 6 nitrogen and oxygen atoms in total. The van der Waals surface area contributed by atoms with E-state index in [9.17, 15) is 4.79 Å². The number of ether oxygens (including phenoxy) is 2. The number of nitrogens with zero attached hydrogens (tertiary/aromatic N) is 2. The van der Waals surface area contributed by atoms with Gasteiger partial charge in [-0.3, -0.25) is 4.79 Å². The van der Waals surface area contributed by atoms with Crippen LogP contribution in [0.2, 0.25) is 0 Å². The van der Waals surface area contributed by atoms with Gasteiger partial charge in [0.1, 0.15) is 0 Å². The number of thioether (sulfide) groups is 1. The van der Waals surface area contributed by atoms with Gasteiger partial charge in [-0.1, -0.05) is 24.8 Å². The second kappa shape index (κ2) is 10.2. The minimum Gasteiger partial charge on any atom is -0.493 e. The van der Waals surface area contributed by atoms with Gasteiger partial charge >= 0.3 is 0 Å². The maximum absolute atomic E-state index is 12.5. The third-order valence-corrected chi connectivity index (χ3v) is 5.26. The van der Waals surface area contributed by atoms with Crippen molar-refractivity contribution in [2.45, 2.75) is 44.0 Å². The van der Waals surface area contributed by atoms with Gasteiger partial charge in [0.25, 0.3) is 0 Å². The Morgan fingerprint density at radius 3 is 2.37 bits per heavy atom. The van der Waals surface area contributed by atoms with Crippen LogP contribution in [0.3, 0.4) is 0 Å². The second-order valence-electron chi connectivity index (χ2n) is 6.18. The Balaban J connectivity index is 1.91. The first-order valence-corrected chi connectivity index (χ1v) is 9.82. The highest BCUT2D eigenvalue weighted by atomic mass is 32.2. The lowest BCUT2D eigenvalue weighted by Crippen LogP contribution is -2.33. The zero-order valence-corrected chi connectivity index (χ0v) is 17.4. The molecule has 7 heteroatoms.